The lowest BCUT2D eigenvalue weighted by atomic mass is 10.1. The second-order valence-corrected chi connectivity index (χ2v) is 5.72. The Labute approximate surface area is 128 Å². The fourth-order valence-electron chi connectivity index (χ4n) is 2.25. The van der Waals surface area contributed by atoms with Crippen molar-refractivity contribution in [2.75, 3.05) is 27.3 Å². The van der Waals surface area contributed by atoms with E-state index in [2.05, 4.69) is 19.2 Å². The Hall–Kier alpha value is -1.26. The Kier molecular flexibility index (Phi) is 8.16. The lowest BCUT2D eigenvalue weighted by Crippen LogP contribution is -2.23. The van der Waals surface area contributed by atoms with Crippen LogP contribution in [-0.4, -0.2) is 32.4 Å². The van der Waals surface area contributed by atoms with Crippen molar-refractivity contribution in [1.29, 1.82) is 0 Å². The van der Waals surface area contributed by atoms with E-state index in [4.69, 9.17) is 9.47 Å². The van der Waals surface area contributed by atoms with Crippen LogP contribution < -0.4 is 14.8 Å². The normalized spacial score (nSPS) is 12.5. The van der Waals surface area contributed by atoms with Crippen LogP contribution in [0.15, 0.2) is 18.2 Å². The van der Waals surface area contributed by atoms with Crippen molar-refractivity contribution in [1.82, 2.24) is 5.32 Å². The minimum Gasteiger partial charge on any atom is -0.497 e. The average molecular weight is 295 g/mol. The second-order valence-electron chi connectivity index (χ2n) is 5.72. The summed E-state index contributed by atoms with van der Waals surface area (Å²) in [5.74, 6) is 2.17. The molecule has 0 radical (unpaired) electrons. The van der Waals surface area contributed by atoms with Crippen LogP contribution >= 0.6 is 0 Å². The molecule has 1 aromatic rings. The number of aliphatic hydroxyl groups excluding tert-OH is 1. The summed E-state index contributed by atoms with van der Waals surface area (Å²) in [5, 5.41) is 13.6. The quantitative estimate of drug-likeness (QED) is 0.651. The van der Waals surface area contributed by atoms with Gasteiger partial charge in [0.05, 0.1) is 20.3 Å². The molecule has 0 spiro atoms. The molecule has 0 aromatic heterocycles. The van der Waals surface area contributed by atoms with Crippen LogP contribution in [0.25, 0.3) is 0 Å². The van der Waals surface area contributed by atoms with Crippen molar-refractivity contribution in [3.8, 4) is 11.5 Å². The molecule has 0 amide bonds. The molecule has 0 aliphatic carbocycles. The highest BCUT2D eigenvalue weighted by molar-refractivity contribution is 5.41. The third kappa shape index (κ3) is 6.36. The van der Waals surface area contributed by atoms with Gasteiger partial charge in [-0.2, -0.15) is 0 Å². The maximum atomic E-state index is 10.3. The molecule has 4 heteroatoms. The van der Waals surface area contributed by atoms with Crippen molar-refractivity contribution >= 4 is 0 Å². The molecule has 1 atom stereocenters. The number of benzene rings is 1. The molecule has 0 saturated carbocycles. The highest BCUT2D eigenvalue weighted by Gasteiger charge is 2.14. The zero-order valence-electron chi connectivity index (χ0n) is 13.7. The van der Waals surface area contributed by atoms with Crippen LogP contribution in [0.5, 0.6) is 11.5 Å². The fraction of sp³-hybridized carbons (Fsp3) is 0.647. The van der Waals surface area contributed by atoms with Crippen LogP contribution in [0, 0.1) is 5.92 Å². The summed E-state index contributed by atoms with van der Waals surface area (Å²) in [4.78, 5) is 0. The van der Waals surface area contributed by atoms with Gasteiger partial charge in [-0.25, -0.2) is 0 Å². The molecule has 1 rings (SSSR count). The molecule has 0 fully saturated rings. The van der Waals surface area contributed by atoms with Crippen molar-refractivity contribution in [2.45, 2.75) is 39.2 Å². The topological polar surface area (TPSA) is 50.7 Å². The molecule has 0 bridgehead atoms. The summed E-state index contributed by atoms with van der Waals surface area (Å²) >= 11 is 0. The number of aliphatic hydroxyl groups is 1. The summed E-state index contributed by atoms with van der Waals surface area (Å²) in [5.41, 5.74) is 0.756. The van der Waals surface area contributed by atoms with Crippen molar-refractivity contribution < 1.29 is 14.6 Å². The maximum Gasteiger partial charge on any atom is 0.124 e. The smallest absolute Gasteiger partial charge is 0.124 e. The second kappa shape index (κ2) is 9.64. The molecule has 0 saturated heterocycles. The lowest BCUT2D eigenvalue weighted by molar-refractivity contribution is 0.170. The van der Waals surface area contributed by atoms with Gasteiger partial charge in [0.1, 0.15) is 11.5 Å². The van der Waals surface area contributed by atoms with E-state index in [1.807, 2.05) is 18.2 Å². The Bertz CT molecular complexity index is 407. The van der Waals surface area contributed by atoms with E-state index in [1.165, 1.54) is 12.8 Å². The number of ether oxygens (including phenoxy) is 2. The van der Waals surface area contributed by atoms with Gasteiger partial charge >= 0.3 is 0 Å². The van der Waals surface area contributed by atoms with Crippen molar-refractivity contribution in [3.05, 3.63) is 23.8 Å². The van der Waals surface area contributed by atoms with Crippen LogP contribution in [-0.2, 0) is 0 Å². The highest BCUT2D eigenvalue weighted by Crippen LogP contribution is 2.29. The van der Waals surface area contributed by atoms with Gasteiger partial charge in [0.25, 0.3) is 0 Å². The van der Waals surface area contributed by atoms with Crippen LogP contribution in [0.1, 0.15) is 44.8 Å². The molecule has 0 heterocycles. The SMILES string of the molecule is COc1ccc(OC)c(C(O)CNCCCCC(C)C)c1. The third-order valence-electron chi connectivity index (χ3n) is 3.52. The molecule has 21 heavy (non-hydrogen) atoms. The van der Waals surface area contributed by atoms with Gasteiger partial charge in [0.15, 0.2) is 0 Å². The monoisotopic (exact) mass is 295 g/mol. The van der Waals surface area contributed by atoms with Gasteiger partial charge in [-0.05, 0) is 37.1 Å². The Balaban J connectivity index is 2.42. The molecule has 1 unspecified atom stereocenters. The minimum atomic E-state index is -0.597. The van der Waals surface area contributed by atoms with Gasteiger partial charge < -0.3 is 19.9 Å². The highest BCUT2D eigenvalue weighted by atomic mass is 16.5. The van der Waals surface area contributed by atoms with Gasteiger partial charge in [0.2, 0.25) is 0 Å². The molecular formula is C17H29NO3. The first kappa shape index (κ1) is 17.8. The molecule has 0 aliphatic rings. The van der Waals surface area contributed by atoms with Gasteiger partial charge in [-0.3, -0.25) is 0 Å². The van der Waals surface area contributed by atoms with Gasteiger partial charge in [-0.1, -0.05) is 26.7 Å². The molecule has 120 valence electrons. The Morgan fingerprint density at radius 3 is 2.52 bits per heavy atom. The molecule has 2 N–H and O–H groups in total. The maximum absolute atomic E-state index is 10.3. The van der Waals surface area contributed by atoms with Crippen LogP contribution in [0.4, 0.5) is 0 Å². The standard InChI is InChI=1S/C17H29NO3/c1-13(2)7-5-6-10-18-12-16(19)15-11-14(20-3)8-9-17(15)21-4/h8-9,11,13,16,18-19H,5-7,10,12H2,1-4H3. The van der Waals surface area contributed by atoms with E-state index in [9.17, 15) is 5.11 Å². The van der Waals surface area contributed by atoms with Gasteiger partial charge in [0, 0.05) is 12.1 Å². The fourth-order valence-corrected chi connectivity index (χ4v) is 2.25. The third-order valence-corrected chi connectivity index (χ3v) is 3.52. The summed E-state index contributed by atoms with van der Waals surface area (Å²) < 4.78 is 10.5. The van der Waals surface area contributed by atoms with E-state index >= 15 is 0 Å². The van der Waals surface area contributed by atoms with Crippen LogP contribution in [0.2, 0.25) is 0 Å². The number of hydrogen-bond acceptors (Lipinski definition) is 4. The molecule has 1 aromatic carbocycles. The minimum absolute atomic E-state index is 0.519. The molecule has 0 aliphatic heterocycles. The van der Waals surface area contributed by atoms with Crippen LogP contribution in [0.3, 0.4) is 0 Å². The number of nitrogens with one attached hydrogen (secondary N) is 1. The predicted molar refractivity (Wildman–Crippen MR) is 86.1 cm³/mol. The van der Waals surface area contributed by atoms with E-state index in [0.29, 0.717) is 12.3 Å². The Morgan fingerprint density at radius 2 is 1.90 bits per heavy atom. The Morgan fingerprint density at radius 1 is 1.14 bits per heavy atom. The van der Waals surface area contributed by atoms with Crippen molar-refractivity contribution in [3.63, 3.8) is 0 Å². The van der Waals surface area contributed by atoms with E-state index in [-0.39, 0.29) is 0 Å². The number of methoxy groups -OCH3 is 2. The number of hydrogen-bond donors (Lipinski definition) is 2. The summed E-state index contributed by atoms with van der Waals surface area (Å²) in [7, 11) is 3.22. The number of unbranched alkanes of at least 4 members (excludes halogenated alkanes) is 1. The first-order valence-corrected chi connectivity index (χ1v) is 7.69. The largest absolute Gasteiger partial charge is 0.497 e. The van der Waals surface area contributed by atoms with Gasteiger partial charge in [-0.15, -0.1) is 0 Å². The summed E-state index contributed by atoms with van der Waals surface area (Å²) in [6, 6.07) is 5.47. The molecular weight excluding hydrogens is 266 g/mol. The first-order valence-electron chi connectivity index (χ1n) is 7.69. The van der Waals surface area contributed by atoms with E-state index < -0.39 is 6.10 Å². The predicted octanol–water partition coefficient (Wildman–Crippen LogP) is 3.15. The zero-order valence-corrected chi connectivity index (χ0v) is 13.7. The van der Waals surface area contributed by atoms with E-state index in [0.717, 1.165) is 30.2 Å². The average Bonchev–Trinajstić information content (AvgIpc) is 2.49. The van der Waals surface area contributed by atoms with Crippen molar-refractivity contribution in [2.24, 2.45) is 5.92 Å². The lowest BCUT2D eigenvalue weighted by Gasteiger charge is -2.16. The molecule has 4 nitrogen and oxygen atoms in total. The summed E-state index contributed by atoms with van der Waals surface area (Å²) in [6.07, 6.45) is 3.03. The first-order chi connectivity index (χ1) is 10.1. The zero-order chi connectivity index (χ0) is 15.7. The summed E-state index contributed by atoms with van der Waals surface area (Å²) in [6.45, 7) is 5.93. The van der Waals surface area contributed by atoms with E-state index in [1.54, 1.807) is 14.2 Å². The number of rotatable bonds is 10.